The van der Waals surface area contributed by atoms with E-state index in [1.54, 1.807) is 0 Å². The molecule has 2 N–H and O–H groups in total. The molecule has 1 aliphatic carbocycles. The fraction of sp³-hybridized carbons (Fsp3) is 0.562. The molecule has 1 aromatic rings. The van der Waals surface area contributed by atoms with E-state index in [4.69, 9.17) is 0 Å². The molecule has 2 rings (SSSR count). The highest BCUT2D eigenvalue weighted by atomic mass is 16.4. The minimum Gasteiger partial charge on any atom is -0.480 e. The summed E-state index contributed by atoms with van der Waals surface area (Å²) in [5, 5.41) is 12.5. The molecule has 0 radical (unpaired) electrons. The molecule has 0 bridgehead atoms. The maximum atomic E-state index is 11.4. The van der Waals surface area contributed by atoms with Gasteiger partial charge < -0.3 is 10.4 Å². The van der Waals surface area contributed by atoms with Crippen LogP contribution in [0.4, 0.5) is 5.69 Å². The van der Waals surface area contributed by atoms with Gasteiger partial charge in [0.15, 0.2) is 0 Å². The van der Waals surface area contributed by atoms with E-state index in [-0.39, 0.29) is 0 Å². The highest BCUT2D eigenvalue weighted by Crippen LogP contribution is 2.28. The Bertz CT molecular complexity index is 407. The number of aliphatic carboxylic acids is 1. The monoisotopic (exact) mass is 261 g/mol. The van der Waals surface area contributed by atoms with Gasteiger partial charge in [0, 0.05) is 5.69 Å². The first-order valence-corrected chi connectivity index (χ1v) is 7.21. The van der Waals surface area contributed by atoms with Crippen LogP contribution in [0.5, 0.6) is 0 Å². The van der Waals surface area contributed by atoms with Crippen molar-refractivity contribution >= 4 is 11.7 Å². The highest BCUT2D eigenvalue weighted by molar-refractivity contribution is 5.77. The maximum Gasteiger partial charge on any atom is 0.326 e. The standard InChI is InChI=1S/C16H23NO2/c1-12-7-9-14(10-8-12)17-15(16(18)19)11-13-5-3-2-4-6-13/h7-10,13,15,17H,2-6,11H2,1H3,(H,18,19). The third-order valence-electron chi connectivity index (χ3n) is 3.98. The molecular formula is C16H23NO2. The van der Waals surface area contributed by atoms with Gasteiger partial charge in [-0.1, -0.05) is 49.8 Å². The van der Waals surface area contributed by atoms with Crippen LogP contribution in [-0.2, 0) is 4.79 Å². The van der Waals surface area contributed by atoms with Gasteiger partial charge in [-0.05, 0) is 31.4 Å². The molecule has 1 unspecified atom stereocenters. The SMILES string of the molecule is Cc1ccc(NC(CC2CCCCC2)C(=O)O)cc1. The van der Waals surface area contributed by atoms with Crippen LogP contribution in [0.2, 0.25) is 0 Å². The second kappa shape index (κ2) is 6.60. The van der Waals surface area contributed by atoms with Crippen LogP contribution in [0.15, 0.2) is 24.3 Å². The minimum absolute atomic E-state index is 0.467. The smallest absolute Gasteiger partial charge is 0.326 e. The van der Waals surface area contributed by atoms with E-state index in [9.17, 15) is 9.90 Å². The number of aryl methyl sites for hydroxylation is 1. The highest BCUT2D eigenvalue weighted by Gasteiger charge is 2.23. The third-order valence-corrected chi connectivity index (χ3v) is 3.98. The lowest BCUT2D eigenvalue weighted by atomic mass is 9.85. The molecule has 19 heavy (non-hydrogen) atoms. The van der Waals surface area contributed by atoms with Crippen molar-refractivity contribution in [3.05, 3.63) is 29.8 Å². The van der Waals surface area contributed by atoms with Gasteiger partial charge in [0.25, 0.3) is 0 Å². The molecule has 3 heteroatoms. The lowest BCUT2D eigenvalue weighted by molar-refractivity contribution is -0.138. The van der Waals surface area contributed by atoms with Gasteiger partial charge >= 0.3 is 5.97 Å². The average molecular weight is 261 g/mol. The summed E-state index contributed by atoms with van der Waals surface area (Å²) in [5.41, 5.74) is 2.08. The van der Waals surface area contributed by atoms with E-state index in [1.165, 1.54) is 37.7 Å². The van der Waals surface area contributed by atoms with Gasteiger partial charge in [-0.3, -0.25) is 0 Å². The van der Waals surface area contributed by atoms with Crippen molar-refractivity contribution in [1.29, 1.82) is 0 Å². The molecule has 0 aromatic heterocycles. The zero-order valence-corrected chi connectivity index (χ0v) is 11.6. The predicted octanol–water partition coefficient (Wildman–Crippen LogP) is 3.83. The molecule has 0 spiro atoms. The Hall–Kier alpha value is -1.51. The summed E-state index contributed by atoms with van der Waals surface area (Å²) in [7, 11) is 0. The van der Waals surface area contributed by atoms with Crippen molar-refractivity contribution in [3.63, 3.8) is 0 Å². The number of carboxylic acid groups (broad SMARTS) is 1. The summed E-state index contributed by atoms with van der Waals surface area (Å²) in [4.78, 5) is 11.4. The number of hydrogen-bond acceptors (Lipinski definition) is 2. The Labute approximate surface area is 115 Å². The van der Waals surface area contributed by atoms with E-state index < -0.39 is 12.0 Å². The Balaban J connectivity index is 1.95. The van der Waals surface area contributed by atoms with Crippen molar-refractivity contribution in [2.45, 2.75) is 51.5 Å². The molecule has 0 saturated heterocycles. The van der Waals surface area contributed by atoms with Gasteiger partial charge in [-0.15, -0.1) is 0 Å². The number of rotatable bonds is 5. The van der Waals surface area contributed by atoms with Crippen LogP contribution in [0.25, 0.3) is 0 Å². The predicted molar refractivity (Wildman–Crippen MR) is 77.4 cm³/mol. The van der Waals surface area contributed by atoms with E-state index >= 15 is 0 Å². The van der Waals surface area contributed by atoms with Crippen molar-refractivity contribution < 1.29 is 9.90 Å². The Morgan fingerprint density at radius 1 is 1.26 bits per heavy atom. The van der Waals surface area contributed by atoms with Crippen molar-refractivity contribution in [2.75, 3.05) is 5.32 Å². The maximum absolute atomic E-state index is 11.4. The summed E-state index contributed by atoms with van der Waals surface area (Å²) < 4.78 is 0. The second-order valence-corrected chi connectivity index (χ2v) is 5.64. The molecule has 0 aliphatic heterocycles. The molecule has 3 nitrogen and oxygen atoms in total. The fourth-order valence-corrected chi connectivity index (χ4v) is 2.83. The normalized spacial score (nSPS) is 17.9. The zero-order chi connectivity index (χ0) is 13.7. The molecule has 0 amide bonds. The van der Waals surface area contributed by atoms with Gasteiger partial charge in [0.2, 0.25) is 0 Å². The fourth-order valence-electron chi connectivity index (χ4n) is 2.83. The largest absolute Gasteiger partial charge is 0.480 e. The van der Waals surface area contributed by atoms with Crippen molar-refractivity contribution in [1.82, 2.24) is 0 Å². The lowest BCUT2D eigenvalue weighted by Gasteiger charge is -2.25. The second-order valence-electron chi connectivity index (χ2n) is 5.64. The molecule has 1 aliphatic rings. The molecule has 1 atom stereocenters. The molecule has 104 valence electrons. The number of nitrogens with one attached hydrogen (secondary N) is 1. The molecule has 1 fully saturated rings. The van der Waals surface area contributed by atoms with Gasteiger partial charge in [-0.25, -0.2) is 4.79 Å². The van der Waals surface area contributed by atoms with Crippen molar-refractivity contribution in [3.8, 4) is 0 Å². The van der Waals surface area contributed by atoms with Crippen molar-refractivity contribution in [2.24, 2.45) is 5.92 Å². The molecule has 1 aromatic carbocycles. The first-order valence-electron chi connectivity index (χ1n) is 7.21. The zero-order valence-electron chi connectivity index (χ0n) is 11.6. The third kappa shape index (κ3) is 4.27. The summed E-state index contributed by atoms with van der Waals surface area (Å²) in [6, 6.07) is 7.44. The summed E-state index contributed by atoms with van der Waals surface area (Å²) in [6.07, 6.45) is 6.91. The Kier molecular flexibility index (Phi) is 4.83. The topological polar surface area (TPSA) is 49.3 Å². The summed E-state index contributed by atoms with van der Waals surface area (Å²) in [5.74, 6) is -0.182. The van der Waals surface area contributed by atoms with Crippen LogP contribution in [0, 0.1) is 12.8 Å². The van der Waals surface area contributed by atoms with Crippen LogP contribution in [0.3, 0.4) is 0 Å². The van der Waals surface area contributed by atoms with Crippen LogP contribution >= 0.6 is 0 Å². The minimum atomic E-state index is -0.744. The number of anilines is 1. The molecular weight excluding hydrogens is 238 g/mol. The van der Waals surface area contributed by atoms with Crippen LogP contribution in [-0.4, -0.2) is 17.1 Å². The van der Waals surface area contributed by atoms with E-state index in [0.717, 1.165) is 12.1 Å². The Morgan fingerprint density at radius 3 is 2.47 bits per heavy atom. The number of hydrogen-bond donors (Lipinski definition) is 2. The van der Waals surface area contributed by atoms with Gasteiger partial charge in [-0.2, -0.15) is 0 Å². The number of carbonyl (C=O) groups is 1. The number of benzene rings is 1. The number of carboxylic acids is 1. The first kappa shape index (κ1) is 13.9. The Morgan fingerprint density at radius 2 is 1.89 bits per heavy atom. The van der Waals surface area contributed by atoms with E-state index in [1.807, 2.05) is 31.2 Å². The first-order chi connectivity index (χ1) is 9.15. The summed E-state index contributed by atoms with van der Waals surface area (Å²) in [6.45, 7) is 2.03. The average Bonchev–Trinajstić information content (AvgIpc) is 2.41. The molecule has 1 saturated carbocycles. The lowest BCUT2D eigenvalue weighted by Crippen LogP contribution is -2.32. The van der Waals surface area contributed by atoms with Crippen LogP contribution < -0.4 is 5.32 Å². The summed E-state index contributed by atoms with van der Waals surface area (Å²) >= 11 is 0. The quantitative estimate of drug-likeness (QED) is 0.847. The van der Waals surface area contributed by atoms with E-state index in [0.29, 0.717) is 5.92 Å². The van der Waals surface area contributed by atoms with Gasteiger partial charge in [0.1, 0.15) is 6.04 Å². The van der Waals surface area contributed by atoms with E-state index in [2.05, 4.69) is 5.32 Å². The van der Waals surface area contributed by atoms with Gasteiger partial charge in [0.05, 0.1) is 0 Å². The van der Waals surface area contributed by atoms with Crippen LogP contribution in [0.1, 0.15) is 44.1 Å². The molecule has 0 heterocycles.